The molecule has 0 saturated heterocycles. The zero-order valence-corrected chi connectivity index (χ0v) is 17.8. The van der Waals surface area contributed by atoms with Crippen LogP contribution in [0.15, 0.2) is 59.7 Å². The number of carbonyl (C=O) groups is 1. The second-order valence-electron chi connectivity index (χ2n) is 8.38. The molecule has 0 atom stereocenters. The van der Waals surface area contributed by atoms with Crippen LogP contribution in [0.3, 0.4) is 0 Å². The zero-order chi connectivity index (χ0) is 20.9. The second kappa shape index (κ2) is 9.21. The summed E-state index contributed by atoms with van der Waals surface area (Å²) in [5.41, 5.74) is 8.44. The Labute approximate surface area is 178 Å². The van der Waals surface area contributed by atoms with Gasteiger partial charge in [0.1, 0.15) is 0 Å². The summed E-state index contributed by atoms with van der Waals surface area (Å²) in [6.45, 7) is 4.36. The molecule has 154 valence electrons. The third-order valence-corrected chi connectivity index (χ3v) is 5.83. The first-order chi connectivity index (χ1) is 14.6. The predicted molar refractivity (Wildman–Crippen MR) is 124 cm³/mol. The van der Waals surface area contributed by atoms with Gasteiger partial charge in [-0.2, -0.15) is 5.10 Å². The van der Waals surface area contributed by atoms with E-state index in [4.69, 9.17) is 4.98 Å². The standard InChI is InChI=1S/C26H29N3O/c1-18(2)19-13-15-20(16-14-19)25-17-23(22-11-7-8-12-24(22)27-25)26(30)29-28-21-9-5-3-4-6-10-21/h7-8,11-18H,3-6,9-10H2,1-2H3,(H,29,30). The minimum absolute atomic E-state index is 0.176. The van der Waals surface area contributed by atoms with Gasteiger partial charge in [-0.3, -0.25) is 4.79 Å². The lowest BCUT2D eigenvalue weighted by molar-refractivity contribution is 0.0956. The van der Waals surface area contributed by atoms with Gasteiger partial charge >= 0.3 is 0 Å². The molecule has 1 amide bonds. The Bertz CT molecular complexity index is 1060. The lowest BCUT2D eigenvalue weighted by Crippen LogP contribution is -2.20. The molecule has 0 radical (unpaired) electrons. The molecule has 4 rings (SSSR count). The van der Waals surface area contributed by atoms with Gasteiger partial charge in [-0.1, -0.05) is 69.2 Å². The first-order valence-corrected chi connectivity index (χ1v) is 11.0. The van der Waals surface area contributed by atoms with Crippen molar-refractivity contribution in [1.29, 1.82) is 0 Å². The van der Waals surface area contributed by atoms with Crippen LogP contribution < -0.4 is 5.43 Å². The third kappa shape index (κ3) is 4.59. The van der Waals surface area contributed by atoms with E-state index in [1.165, 1.54) is 18.4 Å². The van der Waals surface area contributed by atoms with Gasteiger partial charge < -0.3 is 0 Å². The maximum Gasteiger partial charge on any atom is 0.272 e. The van der Waals surface area contributed by atoms with E-state index in [9.17, 15) is 4.79 Å². The number of hydrazone groups is 1. The van der Waals surface area contributed by atoms with Crippen LogP contribution in [0.1, 0.15) is 74.2 Å². The zero-order valence-electron chi connectivity index (χ0n) is 17.8. The Morgan fingerprint density at radius 2 is 1.67 bits per heavy atom. The van der Waals surface area contributed by atoms with Crippen LogP contribution in [0, 0.1) is 0 Å². The number of hydrogen-bond acceptors (Lipinski definition) is 3. The van der Waals surface area contributed by atoms with Crippen LogP contribution in [0.25, 0.3) is 22.2 Å². The van der Waals surface area contributed by atoms with Crippen LogP contribution in [0.4, 0.5) is 0 Å². The maximum absolute atomic E-state index is 13.1. The molecule has 1 aliphatic rings. The Kier molecular flexibility index (Phi) is 6.22. The van der Waals surface area contributed by atoms with E-state index in [0.29, 0.717) is 11.5 Å². The average Bonchev–Trinajstić information content (AvgIpc) is 3.05. The van der Waals surface area contributed by atoms with Crippen molar-refractivity contribution in [2.45, 2.75) is 58.3 Å². The van der Waals surface area contributed by atoms with Crippen molar-refractivity contribution in [1.82, 2.24) is 10.4 Å². The van der Waals surface area contributed by atoms with Gasteiger partial charge in [0.2, 0.25) is 0 Å². The van der Waals surface area contributed by atoms with Gasteiger partial charge in [-0.15, -0.1) is 0 Å². The molecule has 30 heavy (non-hydrogen) atoms. The highest BCUT2D eigenvalue weighted by Crippen LogP contribution is 2.26. The van der Waals surface area contributed by atoms with Crippen LogP contribution in [0.2, 0.25) is 0 Å². The number of fused-ring (bicyclic) bond motifs is 1. The molecule has 4 heteroatoms. The van der Waals surface area contributed by atoms with Crippen molar-refractivity contribution in [3.63, 3.8) is 0 Å². The molecule has 1 N–H and O–H groups in total. The Morgan fingerprint density at radius 1 is 0.967 bits per heavy atom. The highest BCUT2D eigenvalue weighted by atomic mass is 16.2. The van der Waals surface area contributed by atoms with Crippen molar-refractivity contribution >= 4 is 22.5 Å². The van der Waals surface area contributed by atoms with Gasteiger partial charge in [0.25, 0.3) is 5.91 Å². The second-order valence-corrected chi connectivity index (χ2v) is 8.38. The molecule has 0 unspecified atom stereocenters. The highest BCUT2D eigenvalue weighted by Gasteiger charge is 2.15. The molecule has 0 aliphatic heterocycles. The van der Waals surface area contributed by atoms with Gasteiger partial charge in [0.15, 0.2) is 0 Å². The molecule has 1 heterocycles. The van der Waals surface area contributed by atoms with Gasteiger partial charge in [0, 0.05) is 16.7 Å². The van der Waals surface area contributed by atoms with E-state index >= 15 is 0 Å². The molecule has 0 bridgehead atoms. The summed E-state index contributed by atoms with van der Waals surface area (Å²) in [4.78, 5) is 17.9. The van der Waals surface area contributed by atoms with Crippen LogP contribution in [-0.4, -0.2) is 16.6 Å². The summed E-state index contributed by atoms with van der Waals surface area (Å²) in [5, 5.41) is 5.30. The SMILES string of the molecule is CC(C)c1ccc(-c2cc(C(=O)NN=C3CCCCCC3)c3ccccc3n2)cc1. The van der Waals surface area contributed by atoms with Crippen molar-refractivity contribution in [2.75, 3.05) is 0 Å². The normalized spacial score (nSPS) is 14.6. The first-order valence-electron chi connectivity index (χ1n) is 11.0. The average molecular weight is 400 g/mol. The number of nitrogens with zero attached hydrogens (tertiary/aromatic N) is 2. The Morgan fingerprint density at radius 3 is 2.37 bits per heavy atom. The van der Waals surface area contributed by atoms with E-state index in [-0.39, 0.29) is 5.91 Å². The molecule has 3 aromatic rings. The van der Waals surface area contributed by atoms with Gasteiger partial charge in [-0.25, -0.2) is 10.4 Å². The van der Waals surface area contributed by atoms with E-state index in [2.05, 4.69) is 48.6 Å². The topological polar surface area (TPSA) is 54.4 Å². The summed E-state index contributed by atoms with van der Waals surface area (Å²) in [6, 6.07) is 18.1. The van der Waals surface area contributed by atoms with E-state index in [1.807, 2.05) is 30.3 Å². The van der Waals surface area contributed by atoms with Crippen LogP contribution in [0.5, 0.6) is 0 Å². The first kappa shape index (κ1) is 20.3. The van der Waals surface area contributed by atoms with E-state index in [0.717, 1.165) is 53.6 Å². The van der Waals surface area contributed by atoms with Gasteiger partial charge in [-0.05, 0) is 49.3 Å². The monoisotopic (exact) mass is 399 g/mol. The van der Waals surface area contributed by atoms with Crippen molar-refractivity contribution in [3.05, 3.63) is 65.7 Å². The smallest absolute Gasteiger partial charge is 0.267 e. The number of pyridine rings is 1. The van der Waals surface area contributed by atoms with Gasteiger partial charge in [0.05, 0.1) is 16.8 Å². The number of benzene rings is 2. The fourth-order valence-corrected chi connectivity index (χ4v) is 3.99. The van der Waals surface area contributed by atoms with Crippen LogP contribution >= 0.6 is 0 Å². The van der Waals surface area contributed by atoms with Crippen molar-refractivity contribution in [3.8, 4) is 11.3 Å². The highest BCUT2D eigenvalue weighted by molar-refractivity contribution is 6.07. The number of para-hydroxylation sites is 1. The Balaban J connectivity index is 1.67. The number of aromatic nitrogens is 1. The minimum Gasteiger partial charge on any atom is -0.267 e. The molecular weight excluding hydrogens is 370 g/mol. The van der Waals surface area contributed by atoms with Crippen molar-refractivity contribution < 1.29 is 4.79 Å². The summed E-state index contributed by atoms with van der Waals surface area (Å²) >= 11 is 0. The fourth-order valence-electron chi connectivity index (χ4n) is 3.99. The fraction of sp³-hybridized carbons (Fsp3) is 0.346. The molecule has 1 aromatic heterocycles. The number of nitrogens with one attached hydrogen (secondary N) is 1. The summed E-state index contributed by atoms with van der Waals surface area (Å²) in [5.74, 6) is 0.304. The minimum atomic E-state index is -0.176. The largest absolute Gasteiger partial charge is 0.272 e. The van der Waals surface area contributed by atoms with Crippen molar-refractivity contribution in [2.24, 2.45) is 5.10 Å². The predicted octanol–water partition coefficient (Wildman–Crippen LogP) is 6.47. The van der Waals surface area contributed by atoms with Crippen LogP contribution in [-0.2, 0) is 0 Å². The lowest BCUT2D eigenvalue weighted by Gasteiger charge is -2.11. The third-order valence-electron chi connectivity index (χ3n) is 5.83. The maximum atomic E-state index is 13.1. The molecule has 2 aromatic carbocycles. The molecule has 1 saturated carbocycles. The van der Waals surface area contributed by atoms with E-state index in [1.54, 1.807) is 0 Å². The number of amides is 1. The lowest BCUT2D eigenvalue weighted by atomic mass is 9.99. The summed E-state index contributed by atoms with van der Waals surface area (Å²) in [6.07, 6.45) is 6.77. The summed E-state index contributed by atoms with van der Waals surface area (Å²) in [7, 11) is 0. The summed E-state index contributed by atoms with van der Waals surface area (Å²) < 4.78 is 0. The number of carbonyl (C=O) groups excluding carboxylic acids is 1. The molecule has 0 spiro atoms. The molecule has 4 nitrogen and oxygen atoms in total. The van der Waals surface area contributed by atoms with E-state index < -0.39 is 0 Å². The molecular formula is C26H29N3O. The Hall–Kier alpha value is -3.01. The molecule has 1 fully saturated rings. The number of hydrogen-bond donors (Lipinski definition) is 1. The quantitative estimate of drug-likeness (QED) is 0.404. The molecule has 1 aliphatic carbocycles. The number of rotatable bonds is 4.